The highest BCUT2D eigenvalue weighted by Crippen LogP contribution is 2.26. The average Bonchev–Trinajstić information content (AvgIpc) is 2.37. The molecule has 0 atom stereocenters. The van der Waals surface area contributed by atoms with Gasteiger partial charge in [0.25, 0.3) is 0 Å². The molecule has 0 saturated heterocycles. The monoisotopic (exact) mass is 316 g/mol. The Morgan fingerprint density at radius 2 is 2.05 bits per heavy atom. The van der Waals surface area contributed by atoms with Crippen LogP contribution in [0, 0.1) is 12.7 Å². The summed E-state index contributed by atoms with van der Waals surface area (Å²) in [6.07, 6.45) is 1.40. The molecule has 2 rings (SSSR count). The maximum atomic E-state index is 13.9. The summed E-state index contributed by atoms with van der Waals surface area (Å²) in [5.41, 5.74) is 0.745. The van der Waals surface area contributed by atoms with E-state index in [1.165, 1.54) is 19.1 Å². The van der Waals surface area contributed by atoms with Crippen molar-refractivity contribution in [2.45, 2.75) is 43.4 Å². The number of rotatable bonds is 6. The normalized spacial score (nSPS) is 22.1. The van der Waals surface area contributed by atoms with Crippen molar-refractivity contribution in [3.8, 4) is 0 Å². The van der Waals surface area contributed by atoms with E-state index in [0.717, 1.165) is 0 Å². The van der Waals surface area contributed by atoms with Crippen molar-refractivity contribution in [3.63, 3.8) is 0 Å². The Morgan fingerprint density at radius 3 is 2.62 bits per heavy atom. The Bertz CT molecular complexity index is 613. The van der Waals surface area contributed by atoms with E-state index in [1.54, 1.807) is 14.2 Å². The van der Waals surface area contributed by atoms with Crippen molar-refractivity contribution >= 4 is 10.0 Å². The summed E-state index contributed by atoms with van der Waals surface area (Å²) >= 11 is 0. The highest BCUT2D eigenvalue weighted by molar-refractivity contribution is 7.89. The first-order chi connectivity index (χ1) is 9.87. The first-order valence-electron chi connectivity index (χ1n) is 6.86. The fraction of sp³-hybridized carbons (Fsp3) is 0.571. The van der Waals surface area contributed by atoms with Crippen LogP contribution in [0.15, 0.2) is 17.0 Å². The minimum absolute atomic E-state index is 0.00798. The van der Waals surface area contributed by atoms with Crippen molar-refractivity contribution < 1.29 is 17.5 Å². The smallest absolute Gasteiger partial charge is 0.241 e. The number of benzene rings is 1. The van der Waals surface area contributed by atoms with Crippen molar-refractivity contribution in [1.29, 1.82) is 0 Å². The molecule has 1 saturated carbocycles. The lowest BCUT2D eigenvalue weighted by Gasteiger charge is -2.34. The van der Waals surface area contributed by atoms with Gasteiger partial charge in [0.1, 0.15) is 5.82 Å². The molecule has 1 aliphatic rings. The molecule has 118 valence electrons. The van der Waals surface area contributed by atoms with E-state index >= 15 is 0 Å². The van der Waals surface area contributed by atoms with Gasteiger partial charge in [0.05, 0.1) is 11.0 Å². The molecule has 0 aliphatic heterocycles. The Balaban J connectivity index is 2.23. The molecule has 0 amide bonds. The van der Waals surface area contributed by atoms with Gasteiger partial charge in [-0.15, -0.1) is 0 Å². The summed E-state index contributed by atoms with van der Waals surface area (Å²) in [5.74, 6) is -0.508. The molecule has 7 heteroatoms. The first-order valence-corrected chi connectivity index (χ1v) is 8.34. The molecule has 0 aromatic heterocycles. The van der Waals surface area contributed by atoms with Gasteiger partial charge in [-0.05, 0) is 44.5 Å². The predicted octanol–water partition coefficient (Wildman–Crippen LogP) is 1.31. The molecule has 0 radical (unpaired) electrons. The predicted molar refractivity (Wildman–Crippen MR) is 78.0 cm³/mol. The van der Waals surface area contributed by atoms with E-state index in [9.17, 15) is 12.8 Å². The van der Waals surface area contributed by atoms with Crippen LogP contribution in [-0.2, 0) is 21.3 Å². The molecular formula is C14H21FN2O3S. The molecule has 21 heavy (non-hydrogen) atoms. The SMILES string of the molecule is CNCc1cc(F)c(C)c(S(=O)(=O)NC2CC(OC)C2)c1. The van der Waals surface area contributed by atoms with Crippen LogP contribution in [0.1, 0.15) is 24.0 Å². The maximum Gasteiger partial charge on any atom is 0.241 e. The lowest BCUT2D eigenvalue weighted by atomic mass is 9.90. The number of halogens is 1. The zero-order valence-electron chi connectivity index (χ0n) is 12.4. The highest BCUT2D eigenvalue weighted by atomic mass is 32.2. The van der Waals surface area contributed by atoms with E-state index in [-0.39, 0.29) is 22.6 Å². The summed E-state index contributed by atoms with van der Waals surface area (Å²) in [6.45, 7) is 1.89. The van der Waals surface area contributed by atoms with Crippen LogP contribution in [0.3, 0.4) is 0 Å². The Labute approximate surface area is 124 Å². The topological polar surface area (TPSA) is 67.4 Å². The van der Waals surface area contributed by atoms with Crippen molar-refractivity contribution in [1.82, 2.24) is 10.0 Å². The molecule has 0 spiro atoms. The third-order valence-electron chi connectivity index (χ3n) is 3.78. The van der Waals surface area contributed by atoms with E-state index in [2.05, 4.69) is 10.0 Å². The van der Waals surface area contributed by atoms with Gasteiger partial charge >= 0.3 is 0 Å². The Kier molecular flexibility index (Phi) is 4.98. The number of hydrogen-bond acceptors (Lipinski definition) is 4. The minimum Gasteiger partial charge on any atom is -0.381 e. The lowest BCUT2D eigenvalue weighted by molar-refractivity contribution is 0.0236. The van der Waals surface area contributed by atoms with E-state index in [4.69, 9.17) is 4.74 Å². The van der Waals surface area contributed by atoms with Gasteiger partial charge in [-0.25, -0.2) is 17.5 Å². The maximum absolute atomic E-state index is 13.9. The van der Waals surface area contributed by atoms with E-state index in [0.29, 0.717) is 24.9 Å². The van der Waals surface area contributed by atoms with E-state index < -0.39 is 15.8 Å². The standard InChI is InChI=1S/C14H21FN2O3S/c1-9-13(15)4-10(8-16-2)5-14(9)21(18,19)17-11-6-12(7-11)20-3/h4-5,11-12,16-17H,6-8H2,1-3H3. The number of hydrogen-bond donors (Lipinski definition) is 2. The van der Waals surface area contributed by atoms with Crippen molar-refractivity contribution in [2.24, 2.45) is 0 Å². The quantitative estimate of drug-likeness (QED) is 0.830. The number of methoxy groups -OCH3 is 1. The van der Waals surface area contributed by atoms with Gasteiger partial charge in [-0.3, -0.25) is 0 Å². The molecule has 1 aromatic rings. The molecule has 2 N–H and O–H groups in total. The second-order valence-electron chi connectivity index (χ2n) is 5.38. The zero-order valence-corrected chi connectivity index (χ0v) is 13.3. The third kappa shape index (κ3) is 3.60. The van der Waals surface area contributed by atoms with Crippen LogP contribution in [0.25, 0.3) is 0 Å². The Hall–Kier alpha value is -1.02. The van der Waals surface area contributed by atoms with Gasteiger partial charge in [0.2, 0.25) is 10.0 Å². The molecule has 1 fully saturated rings. The molecule has 0 unspecified atom stereocenters. The molecule has 1 aromatic carbocycles. The highest BCUT2D eigenvalue weighted by Gasteiger charge is 2.33. The van der Waals surface area contributed by atoms with Gasteiger partial charge in [0.15, 0.2) is 0 Å². The number of ether oxygens (including phenoxy) is 1. The second kappa shape index (κ2) is 6.39. The summed E-state index contributed by atoms with van der Waals surface area (Å²) < 4.78 is 46.5. The van der Waals surface area contributed by atoms with Crippen LogP contribution < -0.4 is 10.0 Å². The zero-order chi connectivity index (χ0) is 15.6. The summed E-state index contributed by atoms with van der Waals surface area (Å²) in [7, 11) is -0.386. The van der Waals surface area contributed by atoms with Crippen LogP contribution in [0.2, 0.25) is 0 Å². The summed E-state index contributed by atoms with van der Waals surface area (Å²) in [5, 5.41) is 2.89. The summed E-state index contributed by atoms with van der Waals surface area (Å²) in [4.78, 5) is 0.00798. The average molecular weight is 316 g/mol. The molecular weight excluding hydrogens is 295 g/mol. The van der Waals surface area contributed by atoms with Gasteiger partial charge in [0, 0.05) is 25.3 Å². The minimum atomic E-state index is -3.72. The number of sulfonamides is 1. The largest absolute Gasteiger partial charge is 0.381 e. The van der Waals surface area contributed by atoms with Gasteiger partial charge in [-0.1, -0.05) is 0 Å². The van der Waals surface area contributed by atoms with Crippen molar-refractivity contribution in [2.75, 3.05) is 14.2 Å². The fourth-order valence-electron chi connectivity index (χ4n) is 2.43. The van der Waals surface area contributed by atoms with Gasteiger partial charge in [-0.2, -0.15) is 0 Å². The molecule has 0 heterocycles. The van der Waals surface area contributed by atoms with E-state index in [1.807, 2.05) is 0 Å². The van der Waals surface area contributed by atoms with Crippen LogP contribution in [0.4, 0.5) is 4.39 Å². The molecule has 5 nitrogen and oxygen atoms in total. The lowest BCUT2D eigenvalue weighted by Crippen LogP contribution is -2.47. The first kappa shape index (κ1) is 16.4. The second-order valence-corrected chi connectivity index (χ2v) is 7.06. The molecule has 0 bridgehead atoms. The fourth-order valence-corrected chi connectivity index (χ4v) is 3.99. The number of nitrogens with one attached hydrogen (secondary N) is 2. The van der Waals surface area contributed by atoms with Crippen LogP contribution >= 0.6 is 0 Å². The van der Waals surface area contributed by atoms with Crippen LogP contribution in [-0.4, -0.2) is 34.7 Å². The van der Waals surface area contributed by atoms with Crippen molar-refractivity contribution in [3.05, 3.63) is 29.1 Å². The van der Waals surface area contributed by atoms with Gasteiger partial charge < -0.3 is 10.1 Å². The molecule has 1 aliphatic carbocycles. The van der Waals surface area contributed by atoms with Crippen LogP contribution in [0.5, 0.6) is 0 Å². The summed E-state index contributed by atoms with van der Waals surface area (Å²) in [6, 6.07) is 2.73. The third-order valence-corrected chi connectivity index (χ3v) is 5.42. The Morgan fingerprint density at radius 1 is 1.38 bits per heavy atom.